The van der Waals surface area contributed by atoms with Gasteiger partial charge in [0.25, 0.3) is 0 Å². The zero-order valence-electron chi connectivity index (χ0n) is 8.47. The first-order valence-electron chi connectivity index (χ1n) is 4.75. The molecule has 0 saturated heterocycles. The summed E-state index contributed by atoms with van der Waals surface area (Å²) in [5.41, 5.74) is 1.07. The van der Waals surface area contributed by atoms with Gasteiger partial charge in [-0.3, -0.25) is 0 Å². The maximum atomic E-state index is 12.0. The van der Waals surface area contributed by atoms with E-state index in [1.165, 1.54) is 6.08 Å². The summed E-state index contributed by atoms with van der Waals surface area (Å²) in [5, 5.41) is 0. The zero-order valence-corrected chi connectivity index (χ0v) is 8.47. The third-order valence-electron chi connectivity index (χ3n) is 1.95. The van der Waals surface area contributed by atoms with Crippen LogP contribution in [0.4, 0.5) is 13.2 Å². The van der Waals surface area contributed by atoms with E-state index in [2.05, 4.69) is 4.74 Å². The average molecular weight is 218 g/mol. The third-order valence-corrected chi connectivity index (χ3v) is 1.95. The Labute approximate surface area is 86.9 Å². The van der Waals surface area contributed by atoms with E-state index < -0.39 is 6.36 Å². The molecule has 0 aromatic carbocycles. The van der Waals surface area contributed by atoms with Crippen molar-refractivity contribution in [3.63, 3.8) is 0 Å². The van der Waals surface area contributed by atoms with Crippen molar-refractivity contribution in [3.05, 3.63) is 35.6 Å². The van der Waals surface area contributed by atoms with E-state index in [0.717, 1.165) is 12.0 Å². The maximum absolute atomic E-state index is 12.0. The van der Waals surface area contributed by atoms with Crippen molar-refractivity contribution in [1.29, 1.82) is 0 Å². The lowest BCUT2D eigenvalue weighted by Crippen LogP contribution is -2.12. The second-order valence-electron chi connectivity index (χ2n) is 3.35. The lowest BCUT2D eigenvalue weighted by atomic mass is 10.2. The van der Waals surface area contributed by atoms with E-state index in [9.17, 15) is 13.2 Å². The van der Waals surface area contributed by atoms with Crippen molar-refractivity contribution in [2.75, 3.05) is 0 Å². The molecule has 0 spiro atoms. The highest BCUT2D eigenvalue weighted by Gasteiger charge is 2.31. The number of hydrogen-bond acceptors (Lipinski definition) is 1. The van der Waals surface area contributed by atoms with Crippen LogP contribution in [-0.2, 0) is 4.74 Å². The fraction of sp³-hybridized carbons (Fsp3) is 0.455. The largest absolute Gasteiger partial charge is 0.572 e. The Bertz CT molecular complexity index is 297. The van der Waals surface area contributed by atoms with Crippen molar-refractivity contribution < 1.29 is 17.9 Å². The fourth-order valence-electron chi connectivity index (χ4n) is 1.30. The Morgan fingerprint density at radius 1 is 1.20 bits per heavy atom. The van der Waals surface area contributed by atoms with E-state index in [0.29, 0.717) is 6.42 Å². The van der Waals surface area contributed by atoms with Gasteiger partial charge < -0.3 is 4.74 Å². The van der Waals surface area contributed by atoms with Gasteiger partial charge in [-0.1, -0.05) is 23.8 Å². The van der Waals surface area contributed by atoms with Crippen LogP contribution in [0.5, 0.6) is 0 Å². The number of hydrogen-bond donors (Lipinski definition) is 0. The molecule has 0 unspecified atom stereocenters. The van der Waals surface area contributed by atoms with Crippen molar-refractivity contribution in [2.24, 2.45) is 0 Å². The Morgan fingerprint density at radius 3 is 2.53 bits per heavy atom. The van der Waals surface area contributed by atoms with Crippen molar-refractivity contribution in [2.45, 2.75) is 32.5 Å². The molecule has 84 valence electrons. The highest BCUT2D eigenvalue weighted by molar-refractivity contribution is 5.19. The van der Waals surface area contributed by atoms with Gasteiger partial charge >= 0.3 is 6.36 Å². The summed E-state index contributed by atoms with van der Waals surface area (Å²) in [4.78, 5) is 0. The predicted octanol–water partition coefficient (Wildman–Crippen LogP) is 4.09. The normalized spacial score (nSPS) is 24.0. The minimum absolute atomic E-state index is 0.0261. The molecule has 0 aliphatic heterocycles. The number of ether oxygens (including phenoxy) is 1. The highest BCUT2D eigenvalue weighted by Crippen LogP contribution is 2.24. The molecule has 1 rings (SSSR count). The first kappa shape index (κ1) is 11.9. The summed E-state index contributed by atoms with van der Waals surface area (Å²) < 4.78 is 39.7. The SMILES string of the molecule is CC1=C/CCC=C(OC(F)(F)F)C/C=C\1. The molecule has 1 aliphatic carbocycles. The van der Waals surface area contributed by atoms with Gasteiger partial charge in [-0.2, -0.15) is 0 Å². The Kier molecular flexibility index (Phi) is 4.00. The number of rotatable bonds is 1. The minimum atomic E-state index is -4.59. The first-order valence-corrected chi connectivity index (χ1v) is 4.75. The van der Waals surface area contributed by atoms with Crippen LogP contribution in [0.1, 0.15) is 26.2 Å². The fourth-order valence-corrected chi connectivity index (χ4v) is 1.30. The molecule has 0 heterocycles. The van der Waals surface area contributed by atoms with Gasteiger partial charge in [0.15, 0.2) is 0 Å². The Morgan fingerprint density at radius 2 is 1.87 bits per heavy atom. The first-order chi connectivity index (χ1) is 6.97. The molecule has 15 heavy (non-hydrogen) atoms. The molecule has 0 radical (unpaired) electrons. The molecule has 0 N–H and O–H groups in total. The number of allylic oxidation sites excluding steroid dienone is 5. The molecule has 0 amide bonds. The molecule has 0 aromatic rings. The zero-order chi connectivity index (χ0) is 11.3. The topological polar surface area (TPSA) is 9.23 Å². The summed E-state index contributed by atoms with van der Waals surface area (Å²) in [6.07, 6.45) is 3.87. The van der Waals surface area contributed by atoms with Crippen molar-refractivity contribution >= 4 is 0 Å². The lowest BCUT2D eigenvalue weighted by Gasteiger charge is -2.10. The summed E-state index contributed by atoms with van der Waals surface area (Å²) in [6.45, 7) is 1.92. The van der Waals surface area contributed by atoms with E-state index in [-0.39, 0.29) is 12.2 Å². The van der Waals surface area contributed by atoms with Crippen LogP contribution in [0.3, 0.4) is 0 Å². The van der Waals surface area contributed by atoms with E-state index >= 15 is 0 Å². The minimum Gasteiger partial charge on any atom is -0.410 e. The monoisotopic (exact) mass is 218 g/mol. The van der Waals surface area contributed by atoms with Crippen LogP contribution in [0.2, 0.25) is 0 Å². The number of halogens is 3. The van der Waals surface area contributed by atoms with E-state index in [4.69, 9.17) is 0 Å². The van der Waals surface area contributed by atoms with Gasteiger partial charge in [0, 0.05) is 6.42 Å². The smallest absolute Gasteiger partial charge is 0.410 e. The van der Waals surface area contributed by atoms with Crippen molar-refractivity contribution in [3.8, 4) is 0 Å². The second-order valence-corrected chi connectivity index (χ2v) is 3.35. The Balaban J connectivity index is 2.63. The molecule has 0 fully saturated rings. The van der Waals surface area contributed by atoms with Gasteiger partial charge in [0.2, 0.25) is 0 Å². The maximum Gasteiger partial charge on any atom is 0.572 e. The molecular formula is C11H13F3O. The predicted molar refractivity (Wildman–Crippen MR) is 52.0 cm³/mol. The van der Waals surface area contributed by atoms with Gasteiger partial charge in [0.05, 0.1) is 0 Å². The lowest BCUT2D eigenvalue weighted by molar-refractivity contribution is -0.306. The van der Waals surface area contributed by atoms with Gasteiger partial charge in [-0.05, 0) is 25.8 Å². The van der Waals surface area contributed by atoms with Crippen molar-refractivity contribution in [1.82, 2.24) is 0 Å². The van der Waals surface area contributed by atoms with Crippen LogP contribution in [0.25, 0.3) is 0 Å². The van der Waals surface area contributed by atoms with Gasteiger partial charge in [-0.15, -0.1) is 13.2 Å². The summed E-state index contributed by atoms with van der Waals surface area (Å²) in [6, 6.07) is 0. The molecule has 0 bridgehead atoms. The summed E-state index contributed by atoms with van der Waals surface area (Å²) in [5.74, 6) is -0.0261. The Hall–Kier alpha value is -1.19. The molecule has 0 aromatic heterocycles. The van der Waals surface area contributed by atoms with Crippen LogP contribution in [0, 0.1) is 0 Å². The molecule has 1 nitrogen and oxygen atoms in total. The van der Waals surface area contributed by atoms with Crippen LogP contribution >= 0.6 is 0 Å². The third kappa shape index (κ3) is 5.30. The second kappa shape index (κ2) is 5.05. The molecule has 1 aliphatic rings. The van der Waals surface area contributed by atoms with E-state index in [1.54, 1.807) is 12.2 Å². The molecule has 4 heteroatoms. The summed E-state index contributed by atoms with van der Waals surface area (Å²) in [7, 11) is 0. The van der Waals surface area contributed by atoms with Crippen LogP contribution < -0.4 is 0 Å². The highest BCUT2D eigenvalue weighted by atomic mass is 19.4. The summed E-state index contributed by atoms with van der Waals surface area (Å²) >= 11 is 0. The standard InChI is InChI=1S/C11H13F3O/c1-9-5-2-3-7-10(8-4-6-9)15-11(12,13)14/h4-7H,2-3,8H2,1H3/b6-4-,9-5-,10-7?. The molecule has 0 atom stereocenters. The van der Waals surface area contributed by atoms with E-state index in [1.807, 2.05) is 13.0 Å². The van der Waals surface area contributed by atoms with Gasteiger partial charge in [-0.25, -0.2) is 0 Å². The average Bonchev–Trinajstić information content (AvgIpc) is 2.16. The van der Waals surface area contributed by atoms with Crippen LogP contribution in [-0.4, -0.2) is 6.36 Å². The molecule has 0 saturated carbocycles. The molecular weight excluding hydrogens is 205 g/mol. The van der Waals surface area contributed by atoms with Crippen LogP contribution in [0.15, 0.2) is 35.6 Å². The number of alkyl halides is 3. The van der Waals surface area contributed by atoms with Gasteiger partial charge in [0.1, 0.15) is 5.76 Å². The quantitative estimate of drug-likeness (QED) is 0.644.